The molecule has 0 saturated heterocycles. The average molecular weight is 372 g/mol. The van der Waals surface area contributed by atoms with Gasteiger partial charge in [0, 0.05) is 6.07 Å². The molecule has 11 heteroatoms. The Morgan fingerprint density at radius 1 is 1.27 bits per heavy atom. The lowest BCUT2D eigenvalue weighted by atomic mass is 10.2. The van der Waals surface area contributed by atoms with Crippen molar-refractivity contribution in [2.75, 3.05) is 5.32 Å². The third kappa shape index (κ3) is 4.29. The number of ether oxygens (including phenoxy) is 1. The van der Waals surface area contributed by atoms with Crippen molar-refractivity contribution in [1.29, 1.82) is 0 Å². The van der Waals surface area contributed by atoms with E-state index >= 15 is 0 Å². The standard InChI is InChI=1S/C15H15F3N4O4/c1-14(2,3)26-13(23)20-9-8-19-21(12(9)15(16,17)18)10-6-4-5-7-11(10)22(24)25/h4-8H,1-3H3,(H,20,23). The van der Waals surface area contributed by atoms with Crippen molar-refractivity contribution >= 4 is 17.5 Å². The molecule has 1 heterocycles. The summed E-state index contributed by atoms with van der Waals surface area (Å²) in [6.07, 6.45) is -5.29. The van der Waals surface area contributed by atoms with Crippen LogP contribution in [0.15, 0.2) is 30.5 Å². The molecule has 0 spiro atoms. The van der Waals surface area contributed by atoms with Crippen LogP contribution < -0.4 is 5.32 Å². The van der Waals surface area contributed by atoms with E-state index in [2.05, 4.69) is 5.10 Å². The van der Waals surface area contributed by atoms with Gasteiger partial charge >= 0.3 is 12.3 Å². The molecular formula is C15H15F3N4O4. The summed E-state index contributed by atoms with van der Waals surface area (Å²) in [4.78, 5) is 22.1. The molecule has 0 unspecified atom stereocenters. The van der Waals surface area contributed by atoms with Crippen LogP contribution in [-0.2, 0) is 10.9 Å². The highest BCUT2D eigenvalue weighted by atomic mass is 19.4. The summed E-state index contributed by atoms with van der Waals surface area (Å²) in [7, 11) is 0. The second kappa shape index (κ2) is 6.65. The number of alkyl halides is 3. The molecule has 0 fully saturated rings. The van der Waals surface area contributed by atoms with Gasteiger partial charge in [0.05, 0.1) is 16.8 Å². The maximum Gasteiger partial charge on any atom is 0.435 e. The van der Waals surface area contributed by atoms with Gasteiger partial charge in [0.1, 0.15) is 11.3 Å². The summed E-state index contributed by atoms with van der Waals surface area (Å²) in [5, 5.41) is 16.6. The number of nitrogens with one attached hydrogen (secondary N) is 1. The molecule has 0 bridgehead atoms. The number of carbonyl (C=O) groups excluding carboxylic acids is 1. The fourth-order valence-corrected chi connectivity index (χ4v) is 2.11. The number of aromatic nitrogens is 2. The number of para-hydroxylation sites is 2. The van der Waals surface area contributed by atoms with E-state index in [9.17, 15) is 28.1 Å². The van der Waals surface area contributed by atoms with E-state index in [0.717, 1.165) is 18.3 Å². The molecule has 2 rings (SSSR count). The van der Waals surface area contributed by atoms with E-state index in [1.165, 1.54) is 12.1 Å². The quantitative estimate of drug-likeness (QED) is 0.645. The normalized spacial score (nSPS) is 11.9. The van der Waals surface area contributed by atoms with E-state index in [4.69, 9.17) is 4.74 Å². The SMILES string of the molecule is CC(C)(C)OC(=O)Nc1cnn(-c2ccccc2[N+](=O)[O-])c1C(F)(F)F. The van der Waals surface area contributed by atoms with Crippen LogP contribution in [0.1, 0.15) is 26.5 Å². The zero-order valence-corrected chi connectivity index (χ0v) is 14.0. The average Bonchev–Trinajstić information content (AvgIpc) is 2.88. The molecule has 1 N–H and O–H groups in total. The van der Waals surface area contributed by atoms with Gasteiger partial charge in [-0.2, -0.15) is 18.3 Å². The second-order valence-electron chi connectivity index (χ2n) is 6.19. The number of nitro groups is 1. The minimum atomic E-state index is -4.94. The Morgan fingerprint density at radius 3 is 2.42 bits per heavy atom. The predicted octanol–water partition coefficient (Wildman–Crippen LogP) is 4.15. The van der Waals surface area contributed by atoms with Crippen LogP contribution in [0.5, 0.6) is 0 Å². The van der Waals surface area contributed by atoms with E-state index in [-0.39, 0.29) is 5.69 Å². The van der Waals surface area contributed by atoms with E-state index in [1.54, 1.807) is 20.8 Å². The van der Waals surface area contributed by atoms with Crippen LogP contribution >= 0.6 is 0 Å². The lowest BCUT2D eigenvalue weighted by Crippen LogP contribution is -2.28. The first kappa shape index (κ1) is 19.2. The molecule has 2 aromatic rings. The Hall–Kier alpha value is -3.11. The monoisotopic (exact) mass is 372 g/mol. The van der Waals surface area contributed by atoms with Crippen molar-refractivity contribution in [3.8, 4) is 5.69 Å². The molecular weight excluding hydrogens is 357 g/mol. The van der Waals surface area contributed by atoms with Crippen molar-refractivity contribution < 1.29 is 27.6 Å². The van der Waals surface area contributed by atoms with Crippen LogP contribution in [0.3, 0.4) is 0 Å². The molecule has 0 aliphatic carbocycles. The van der Waals surface area contributed by atoms with Gasteiger partial charge in [0.25, 0.3) is 5.69 Å². The number of halogens is 3. The molecule has 0 atom stereocenters. The van der Waals surface area contributed by atoms with Gasteiger partial charge in [-0.3, -0.25) is 15.4 Å². The number of amides is 1. The Labute approximate surface area is 145 Å². The lowest BCUT2D eigenvalue weighted by Gasteiger charge is -2.20. The molecule has 1 aromatic heterocycles. The summed E-state index contributed by atoms with van der Waals surface area (Å²) >= 11 is 0. The molecule has 1 aromatic carbocycles. The summed E-state index contributed by atoms with van der Waals surface area (Å²) in [6.45, 7) is 4.65. The van der Waals surface area contributed by atoms with Gasteiger partial charge in [0.2, 0.25) is 0 Å². The molecule has 26 heavy (non-hydrogen) atoms. The Morgan fingerprint density at radius 2 is 1.88 bits per heavy atom. The van der Waals surface area contributed by atoms with Crippen molar-refractivity contribution in [2.24, 2.45) is 0 Å². The second-order valence-corrected chi connectivity index (χ2v) is 6.19. The summed E-state index contributed by atoms with van der Waals surface area (Å²) < 4.78 is 45.9. The van der Waals surface area contributed by atoms with Crippen LogP contribution in [-0.4, -0.2) is 26.4 Å². The first-order chi connectivity index (χ1) is 11.9. The third-order valence-corrected chi connectivity index (χ3v) is 2.98. The van der Waals surface area contributed by atoms with Crippen LogP contribution in [0.25, 0.3) is 5.69 Å². The number of carbonyl (C=O) groups is 1. The number of anilines is 1. The molecule has 0 aliphatic heterocycles. The van der Waals surface area contributed by atoms with Crippen molar-refractivity contribution in [1.82, 2.24) is 9.78 Å². The van der Waals surface area contributed by atoms with Crippen LogP contribution in [0.4, 0.5) is 29.3 Å². The fraction of sp³-hybridized carbons (Fsp3) is 0.333. The fourth-order valence-electron chi connectivity index (χ4n) is 2.11. The van der Waals surface area contributed by atoms with E-state index < -0.39 is 39.9 Å². The van der Waals surface area contributed by atoms with Crippen LogP contribution in [0.2, 0.25) is 0 Å². The molecule has 0 saturated carbocycles. The van der Waals surface area contributed by atoms with Gasteiger partial charge < -0.3 is 4.74 Å². The highest BCUT2D eigenvalue weighted by molar-refractivity contribution is 5.85. The van der Waals surface area contributed by atoms with Crippen molar-refractivity contribution in [3.63, 3.8) is 0 Å². The summed E-state index contributed by atoms with van der Waals surface area (Å²) in [6, 6.07) is 4.83. The minimum Gasteiger partial charge on any atom is -0.444 e. The Bertz CT molecular complexity index is 840. The first-order valence-electron chi connectivity index (χ1n) is 7.29. The topological polar surface area (TPSA) is 99.3 Å². The zero-order valence-electron chi connectivity index (χ0n) is 14.0. The first-order valence-corrected chi connectivity index (χ1v) is 7.29. The Balaban J connectivity index is 2.53. The van der Waals surface area contributed by atoms with Gasteiger partial charge in [-0.1, -0.05) is 12.1 Å². The number of nitro benzene ring substituents is 1. The summed E-state index contributed by atoms with van der Waals surface area (Å²) in [5.41, 5.74) is -3.91. The Kier molecular flexibility index (Phi) is 4.92. The lowest BCUT2D eigenvalue weighted by molar-refractivity contribution is -0.384. The van der Waals surface area contributed by atoms with Gasteiger partial charge in [-0.25, -0.2) is 9.48 Å². The number of hydrogen-bond donors (Lipinski definition) is 1. The largest absolute Gasteiger partial charge is 0.444 e. The predicted molar refractivity (Wildman–Crippen MR) is 85.1 cm³/mol. The zero-order chi connectivity index (χ0) is 19.7. The maximum atomic E-state index is 13.5. The van der Waals surface area contributed by atoms with Crippen LogP contribution in [0, 0.1) is 10.1 Å². The highest BCUT2D eigenvalue weighted by Crippen LogP contribution is 2.38. The molecule has 8 nitrogen and oxygen atoms in total. The number of nitrogens with zero attached hydrogens (tertiary/aromatic N) is 3. The molecule has 1 amide bonds. The van der Waals surface area contributed by atoms with Gasteiger partial charge in [-0.05, 0) is 26.8 Å². The highest BCUT2D eigenvalue weighted by Gasteiger charge is 2.40. The third-order valence-electron chi connectivity index (χ3n) is 2.98. The van der Waals surface area contributed by atoms with Gasteiger partial charge in [0.15, 0.2) is 5.69 Å². The minimum absolute atomic E-state index is 0.366. The molecule has 0 radical (unpaired) electrons. The maximum absolute atomic E-state index is 13.5. The van der Waals surface area contributed by atoms with Crippen molar-refractivity contribution in [2.45, 2.75) is 32.5 Å². The number of rotatable bonds is 3. The number of hydrogen-bond acceptors (Lipinski definition) is 5. The van der Waals surface area contributed by atoms with Crippen molar-refractivity contribution in [3.05, 3.63) is 46.3 Å². The summed E-state index contributed by atoms with van der Waals surface area (Å²) in [5.74, 6) is 0. The molecule has 140 valence electrons. The number of benzene rings is 1. The molecule has 0 aliphatic rings. The van der Waals surface area contributed by atoms with Gasteiger partial charge in [-0.15, -0.1) is 0 Å². The van der Waals surface area contributed by atoms with E-state index in [0.29, 0.717) is 4.68 Å². The smallest absolute Gasteiger partial charge is 0.435 e. The van der Waals surface area contributed by atoms with E-state index in [1.807, 2.05) is 5.32 Å².